The van der Waals surface area contributed by atoms with Crippen molar-refractivity contribution < 1.29 is 5.11 Å². The van der Waals surface area contributed by atoms with Crippen LogP contribution in [-0.2, 0) is 6.42 Å². The summed E-state index contributed by atoms with van der Waals surface area (Å²) in [6.07, 6.45) is 0.648. The van der Waals surface area contributed by atoms with Crippen LogP contribution in [0.1, 0.15) is 27.4 Å². The number of nitrogens with zero attached hydrogens (tertiary/aromatic N) is 1. The first-order valence-electron chi connectivity index (χ1n) is 6.18. The molecule has 2 rings (SSSR count). The van der Waals surface area contributed by atoms with Gasteiger partial charge in [-0.15, -0.1) is 11.3 Å². The molecular formula is C15H19NOS. The maximum atomic E-state index is 9.00. The summed E-state index contributed by atoms with van der Waals surface area (Å²) in [5.41, 5.74) is 6.27. The van der Waals surface area contributed by atoms with Crippen molar-refractivity contribution in [3.63, 3.8) is 0 Å². The molecule has 2 aromatic rings. The van der Waals surface area contributed by atoms with E-state index in [4.69, 9.17) is 5.11 Å². The van der Waals surface area contributed by atoms with Crippen LogP contribution in [0.3, 0.4) is 0 Å². The molecule has 0 bridgehead atoms. The van der Waals surface area contributed by atoms with Crippen LogP contribution < -0.4 is 0 Å². The average Bonchev–Trinajstić information content (AvgIpc) is 2.59. The van der Waals surface area contributed by atoms with Crippen molar-refractivity contribution in [2.45, 2.75) is 34.1 Å². The molecule has 0 aliphatic carbocycles. The summed E-state index contributed by atoms with van der Waals surface area (Å²) >= 11 is 1.70. The average molecular weight is 261 g/mol. The minimum Gasteiger partial charge on any atom is -0.396 e. The third-order valence-corrected chi connectivity index (χ3v) is 4.31. The molecule has 0 fully saturated rings. The van der Waals surface area contributed by atoms with E-state index in [0.29, 0.717) is 6.42 Å². The molecular weight excluding hydrogens is 242 g/mol. The molecule has 96 valence electrons. The number of rotatable bonds is 3. The van der Waals surface area contributed by atoms with Crippen LogP contribution in [0.4, 0.5) is 0 Å². The highest BCUT2D eigenvalue weighted by Gasteiger charge is 2.14. The van der Waals surface area contributed by atoms with Gasteiger partial charge in [0, 0.05) is 13.0 Å². The largest absolute Gasteiger partial charge is 0.396 e. The fourth-order valence-corrected chi connectivity index (χ4v) is 3.65. The Morgan fingerprint density at radius 2 is 1.72 bits per heavy atom. The number of hydrogen-bond donors (Lipinski definition) is 1. The quantitative estimate of drug-likeness (QED) is 0.916. The lowest BCUT2D eigenvalue weighted by molar-refractivity contribution is 0.299. The highest BCUT2D eigenvalue weighted by molar-refractivity contribution is 7.15. The molecule has 18 heavy (non-hydrogen) atoms. The summed E-state index contributed by atoms with van der Waals surface area (Å²) in [6.45, 7) is 8.64. The third-order valence-electron chi connectivity index (χ3n) is 3.07. The normalized spacial score (nSPS) is 10.9. The molecule has 0 aliphatic heterocycles. The fourth-order valence-electron chi connectivity index (χ4n) is 2.42. The van der Waals surface area contributed by atoms with Crippen LogP contribution in [0.25, 0.3) is 10.4 Å². The van der Waals surface area contributed by atoms with Gasteiger partial charge in [0.05, 0.1) is 15.6 Å². The van der Waals surface area contributed by atoms with Crippen LogP contribution in [0.5, 0.6) is 0 Å². The van der Waals surface area contributed by atoms with Crippen LogP contribution >= 0.6 is 11.3 Å². The first kappa shape index (κ1) is 13.2. The molecule has 0 unspecified atom stereocenters. The molecule has 0 saturated heterocycles. The van der Waals surface area contributed by atoms with E-state index in [1.54, 1.807) is 11.3 Å². The molecule has 3 heteroatoms. The number of aryl methyl sites for hydroxylation is 4. The number of aromatic nitrogens is 1. The lowest BCUT2D eigenvalue weighted by Crippen LogP contribution is -1.90. The van der Waals surface area contributed by atoms with Crippen LogP contribution in [0.2, 0.25) is 0 Å². The lowest BCUT2D eigenvalue weighted by Gasteiger charge is -2.10. The second-order valence-electron chi connectivity index (χ2n) is 4.77. The molecule has 0 radical (unpaired) electrons. The molecule has 0 spiro atoms. The van der Waals surface area contributed by atoms with Gasteiger partial charge in [-0.05, 0) is 44.4 Å². The van der Waals surface area contributed by atoms with Crippen LogP contribution in [-0.4, -0.2) is 16.7 Å². The van der Waals surface area contributed by atoms with E-state index >= 15 is 0 Å². The Morgan fingerprint density at radius 1 is 1.11 bits per heavy atom. The zero-order valence-electron chi connectivity index (χ0n) is 11.4. The van der Waals surface area contributed by atoms with E-state index in [2.05, 4.69) is 37.9 Å². The Kier molecular flexibility index (Phi) is 3.83. The predicted octanol–water partition coefficient (Wildman–Crippen LogP) is 3.58. The Bertz CT molecular complexity index is 549. The van der Waals surface area contributed by atoms with Gasteiger partial charge in [-0.2, -0.15) is 0 Å². The minimum atomic E-state index is 0.165. The van der Waals surface area contributed by atoms with Crippen molar-refractivity contribution in [2.24, 2.45) is 0 Å². The Labute approximate surface area is 112 Å². The number of benzene rings is 1. The standard InChI is InChI=1S/C15H19NOS/c1-9-7-10(2)14(11(3)8-9)15-12(4)16-13(18-15)5-6-17/h7-8,17H,5-6H2,1-4H3. The molecule has 1 heterocycles. The van der Waals surface area contributed by atoms with Gasteiger partial charge in [0.15, 0.2) is 0 Å². The summed E-state index contributed by atoms with van der Waals surface area (Å²) in [5.74, 6) is 0. The number of hydrogen-bond acceptors (Lipinski definition) is 3. The Hall–Kier alpha value is -1.19. The monoisotopic (exact) mass is 261 g/mol. The van der Waals surface area contributed by atoms with E-state index in [1.165, 1.54) is 27.1 Å². The summed E-state index contributed by atoms with van der Waals surface area (Å²) < 4.78 is 0. The van der Waals surface area contributed by atoms with Gasteiger partial charge < -0.3 is 5.11 Å². The van der Waals surface area contributed by atoms with Gasteiger partial charge in [-0.1, -0.05) is 17.7 Å². The van der Waals surface area contributed by atoms with Crippen molar-refractivity contribution in [2.75, 3.05) is 6.61 Å². The molecule has 1 aromatic carbocycles. The maximum Gasteiger partial charge on any atom is 0.0957 e. The Morgan fingerprint density at radius 3 is 2.28 bits per heavy atom. The first-order valence-corrected chi connectivity index (χ1v) is 7.00. The van der Waals surface area contributed by atoms with Crippen molar-refractivity contribution >= 4 is 11.3 Å². The summed E-state index contributed by atoms with van der Waals surface area (Å²) in [6, 6.07) is 4.43. The smallest absolute Gasteiger partial charge is 0.0957 e. The molecule has 0 saturated carbocycles. The number of aliphatic hydroxyl groups excluding tert-OH is 1. The van der Waals surface area contributed by atoms with Crippen molar-refractivity contribution in [1.82, 2.24) is 4.98 Å². The van der Waals surface area contributed by atoms with Gasteiger partial charge in [-0.25, -0.2) is 4.98 Å². The van der Waals surface area contributed by atoms with Gasteiger partial charge >= 0.3 is 0 Å². The lowest BCUT2D eigenvalue weighted by atomic mass is 9.98. The van der Waals surface area contributed by atoms with Gasteiger partial charge in [0.1, 0.15) is 0 Å². The van der Waals surface area contributed by atoms with E-state index < -0.39 is 0 Å². The predicted molar refractivity (Wildman–Crippen MR) is 77.3 cm³/mol. The van der Waals surface area contributed by atoms with E-state index in [0.717, 1.165) is 10.7 Å². The zero-order chi connectivity index (χ0) is 13.3. The van der Waals surface area contributed by atoms with Gasteiger partial charge in [0.25, 0.3) is 0 Å². The second kappa shape index (κ2) is 5.21. The topological polar surface area (TPSA) is 33.1 Å². The minimum absolute atomic E-state index is 0.165. The molecule has 1 N–H and O–H groups in total. The zero-order valence-corrected chi connectivity index (χ0v) is 12.2. The number of aliphatic hydroxyl groups is 1. The van der Waals surface area contributed by atoms with E-state index in [9.17, 15) is 0 Å². The second-order valence-corrected chi connectivity index (χ2v) is 5.85. The van der Waals surface area contributed by atoms with Gasteiger partial charge in [-0.3, -0.25) is 0 Å². The highest BCUT2D eigenvalue weighted by atomic mass is 32.1. The molecule has 0 aliphatic rings. The maximum absolute atomic E-state index is 9.00. The fraction of sp³-hybridized carbons (Fsp3) is 0.400. The molecule has 0 atom stereocenters. The summed E-state index contributed by atoms with van der Waals surface area (Å²) in [4.78, 5) is 5.78. The Balaban J connectivity index is 2.55. The van der Waals surface area contributed by atoms with E-state index in [-0.39, 0.29) is 6.61 Å². The van der Waals surface area contributed by atoms with E-state index in [1.807, 2.05) is 6.92 Å². The molecule has 0 amide bonds. The van der Waals surface area contributed by atoms with Crippen molar-refractivity contribution in [3.05, 3.63) is 39.5 Å². The van der Waals surface area contributed by atoms with Crippen LogP contribution in [0.15, 0.2) is 12.1 Å². The molecule has 2 nitrogen and oxygen atoms in total. The van der Waals surface area contributed by atoms with Crippen molar-refractivity contribution in [1.29, 1.82) is 0 Å². The summed E-state index contributed by atoms with van der Waals surface area (Å²) in [7, 11) is 0. The summed E-state index contributed by atoms with van der Waals surface area (Å²) in [5, 5.41) is 10.0. The SMILES string of the molecule is Cc1cc(C)c(-c2sc(CCO)nc2C)c(C)c1. The van der Waals surface area contributed by atoms with Gasteiger partial charge in [0.2, 0.25) is 0 Å². The third kappa shape index (κ3) is 2.47. The first-order chi connectivity index (χ1) is 8.52. The number of thiazole rings is 1. The molecule has 1 aromatic heterocycles. The van der Waals surface area contributed by atoms with Crippen molar-refractivity contribution in [3.8, 4) is 10.4 Å². The highest BCUT2D eigenvalue weighted by Crippen LogP contribution is 2.35. The van der Waals surface area contributed by atoms with Crippen LogP contribution in [0, 0.1) is 27.7 Å².